The van der Waals surface area contributed by atoms with E-state index in [1.165, 1.54) is 32.9 Å². The normalized spacial score (nSPS) is 18.1. The number of piperidine rings is 1. The SMILES string of the molecule is Clc1ccc2[nH]c3c(c2c1)CCNC31CCN(CCCOc2cccc3ccccc23)CC1. The smallest absolute Gasteiger partial charge is 0.127 e. The second-order valence-electron chi connectivity index (χ2n) is 9.45. The lowest BCUT2D eigenvalue weighted by atomic mass is 9.79. The molecule has 0 aliphatic carbocycles. The van der Waals surface area contributed by atoms with Crippen LogP contribution in [0.25, 0.3) is 21.7 Å². The molecule has 1 aromatic heterocycles. The minimum absolute atomic E-state index is 0.0645. The van der Waals surface area contributed by atoms with E-state index in [0.29, 0.717) is 0 Å². The summed E-state index contributed by atoms with van der Waals surface area (Å²) in [6, 6.07) is 20.9. The largest absolute Gasteiger partial charge is 0.493 e. The topological polar surface area (TPSA) is 40.3 Å². The molecule has 0 bridgehead atoms. The van der Waals surface area contributed by atoms with Crippen LogP contribution < -0.4 is 10.1 Å². The number of likely N-dealkylation sites (tertiary alicyclic amines) is 1. The molecule has 2 aliphatic rings. The van der Waals surface area contributed by atoms with Crippen LogP contribution in [-0.4, -0.2) is 42.7 Å². The van der Waals surface area contributed by atoms with Crippen molar-refractivity contribution in [2.45, 2.75) is 31.2 Å². The molecule has 0 radical (unpaired) electrons. The predicted molar refractivity (Wildman–Crippen MR) is 136 cm³/mol. The number of nitrogens with zero attached hydrogens (tertiary/aromatic N) is 1. The average molecular weight is 460 g/mol. The first-order valence-electron chi connectivity index (χ1n) is 12.1. The van der Waals surface area contributed by atoms with Gasteiger partial charge in [-0.05, 0) is 60.9 Å². The van der Waals surface area contributed by atoms with Crippen molar-refractivity contribution in [1.82, 2.24) is 15.2 Å². The highest BCUT2D eigenvalue weighted by atomic mass is 35.5. The summed E-state index contributed by atoms with van der Waals surface area (Å²) in [7, 11) is 0. The van der Waals surface area contributed by atoms with E-state index in [-0.39, 0.29) is 5.54 Å². The standard InChI is InChI=1S/C28H30ClN3O/c29-21-9-10-25-24(19-21)23-11-14-30-28(27(23)31-25)12-16-32(17-13-28)15-4-18-33-26-8-3-6-20-5-1-2-7-22(20)26/h1-3,5-10,19,30-31H,4,11-18H2. The quantitative estimate of drug-likeness (QED) is 0.366. The van der Waals surface area contributed by atoms with E-state index >= 15 is 0 Å². The number of nitrogens with one attached hydrogen (secondary N) is 2. The maximum absolute atomic E-state index is 6.30. The number of halogens is 1. The molecule has 1 spiro atoms. The molecule has 6 rings (SSSR count). The summed E-state index contributed by atoms with van der Waals surface area (Å²) >= 11 is 6.30. The lowest BCUT2D eigenvalue weighted by Gasteiger charge is -2.45. The van der Waals surface area contributed by atoms with Crippen molar-refractivity contribution < 1.29 is 4.74 Å². The van der Waals surface area contributed by atoms with E-state index in [9.17, 15) is 0 Å². The molecule has 1 saturated heterocycles. The predicted octanol–water partition coefficient (Wildman–Crippen LogP) is 5.88. The molecule has 4 aromatic rings. The number of hydrogen-bond donors (Lipinski definition) is 2. The molecule has 2 aliphatic heterocycles. The highest BCUT2D eigenvalue weighted by molar-refractivity contribution is 6.31. The fourth-order valence-corrected chi connectivity index (χ4v) is 5.95. The summed E-state index contributed by atoms with van der Waals surface area (Å²) in [6.45, 7) is 5.08. The molecule has 0 amide bonds. The van der Waals surface area contributed by atoms with Crippen molar-refractivity contribution >= 4 is 33.3 Å². The van der Waals surface area contributed by atoms with Crippen LogP contribution in [0.4, 0.5) is 0 Å². The summed E-state index contributed by atoms with van der Waals surface area (Å²) in [6.07, 6.45) is 4.36. The molecule has 2 N–H and O–H groups in total. The summed E-state index contributed by atoms with van der Waals surface area (Å²) in [5, 5.41) is 8.42. The van der Waals surface area contributed by atoms with Gasteiger partial charge in [0.15, 0.2) is 0 Å². The zero-order chi connectivity index (χ0) is 22.3. The van der Waals surface area contributed by atoms with Crippen molar-refractivity contribution in [1.29, 1.82) is 0 Å². The number of fused-ring (bicyclic) bond motifs is 5. The molecule has 3 aromatic carbocycles. The first-order valence-corrected chi connectivity index (χ1v) is 12.5. The number of aromatic nitrogens is 1. The monoisotopic (exact) mass is 459 g/mol. The van der Waals surface area contributed by atoms with Crippen LogP contribution in [0.3, 0.4) is 0 Å². The molecule has 4 nitrogen and oxygen atoms in total. The first-order chi connectivity index (χ1) is 16.2. The van der Waals surface area contributed by atoms with Crippen molar-refractivity contribution in [2.75, 3.05) is 32.8 Å². The zero-order valence-electron chi connectivity index (χ0n) is 18.9. The molecule has 0 atom stereocenters. The van der Waals surface area contributed by atoms with Gasteiger partial charge in [-0.25, -0.2) is 0 Å². The second-order valence-corrected chi connectivity index (χ2v) is 9.88. The van der Waals surface area contributed by atoms with Crippen LogP contribution >= 0.6 is 11.6 Å². The molecule has 3 heterocycles. The molecular formula is C28H30ClN3O. The maximum Gasteiger partial charge on any atom is 0.127 e. The van der Waals surface area contributed by atoms with Gasteiger partial charge in [0.25, 0.3) is 0 Å². The van der Waals surface area contributed by atoms with Gasteiger partial charge in [-0.15, -0.1) is 0 Å². The number of benzene rings is 3. The van der Waals surface area contributed by atoms with Gasteiger partial charge in [0, 0.05) is 53.2 Å². The Balaban J connectivity index is 1.07. The van der Waals surface area contributed by atoms with E-state index in [4.69, 9.17) is 16.3 Å². The minimum Gasteiger partial charge on any atom is -0.493 e. The summed E-state index contributed by atoms with van der Waals surface area (Å²) < 4.78 is 6.16. The van der Waals surface area contributed by atoms with Crippen molar-refractivity contribution in [3.8, 4) is 5.75 Å². The fourth-order valence-electron chi connectivity index (χ4n) is 5.78. The average Bonchev–Trinajstić information content (AvgIpc) is 3.22. The van der Waals surface area contributed by atoms with Crippen molar-refractivity contribution in [3.63, 3.8) is 0 Å². The Hall–Kier alpha value is -2.53. The van der Waals surface area contributed by atoms with E-state index in [1.54, 1.807) is 0 Å². The Morgan fingerprint density at radius 1 is 0.970 bits per heavy atom. The van der Waals surface area contributed by atoms with Gasteiger partial charge in [-0.3, -0.25) is 0 Å². The lowest BCUT2D eigenvalue weighted by Crippen LogP contribution is -2.54. The Labute approximate surface area is 199 Å². The van der Waals surface area contributed by atoms with Crippen LogP contribution in [0.15, 0.2) is 60.7 Å². The minimum atomic E-state index is 0.0645. The Bertz CT molecular complexity index is 1280. The fraction of sp³-hybridized carbons (Fsp3) is 0.357. The summed E-state index contributed by atoms with van der Waals surface area (Å²) in [5.41, 5.74) is 4.13. The van der Waals surface area contributed by atoms with E-state index in [0.717, 1.165) is 69.2 Å². The zero-order valence-corrected chi connectivity index (χ0v) is 19.6. The van der Waals surface area contributed by atoms with Gasteiger partial charge in [0.05, 0.1) is 12.1 Å². The van der Waals surface area contributed by atoms with Crippen LogP contribution in [0.5, 0.6) is 5.75 Å². The van der Waals surface area contributed by atoms with Gasteiger partial charge in [0.1, 0.15) is 5.75 Å². The first kappa shape index (κ1) is 21.0. The Kier molecular flexibility index (Phi) is 5.53. The molecule has 170 valence electrons. The van der Waals surface area contributed by atoms with Crippen molar-refractivity contribution in [2.24, 2.45) is 0 Å². The third kappa shape index (κ3) is 3.90. The number of hydrogen-bond acceptors (Lipinski definition) is 3. The number of aromatic amines is 1. The number of ether oxygens (including phenoxy) is 1. The van der Waals surface area contributed by atoms with Crippen LogP contribution in [0, 0.1) is 0 Å². The van der Waals surface area contributed by atoms with Crippen LogP contribution in [0.2, 0.25) is 5.02 Å². The van der Waals surface area contributed by atoms with Gasteiger partial charge in [0.2, 0.25) is 0 Å². The van der Waals surface area contributed by atoms with Gasteiger partial charge < -0.3 is 19.9 Å². The van der Waals surface area contributed by atoms with Crippen molar-refractivity contribution in [3.05, 3.63) is 76.9 Å². The van der Waals surface area contributed by atoms with E-state index in [2.05, 4.69) is 69.8 Å². The number of H-pyrrole nitrogens is 1. The lowest BCUT2D eigenvalue weighted by molar-refractivity contribution is 0.121. The maximum atomic E-state index is 6.30. The van der Waals surface area contributed by atoms with Crippen LogP contribution in [-0.2, 0) is 12.0 Å². The van der Waals surface area contributed by atoms with Gasteiger partial charge in [-0.2, -0.15) is 0 Å². The Morgan fingerprint density at radius 2 is 1.82 bits per heavy atom. The highest BCUT2D eigenvalue weighted by Gasteiger charge is 2.41. The molecule has 0 unspecified atom stereocenters. The molecule has 1 fully saturated rings. The molecular weight excluding hydrogens is 430 g/mol. The van der Waals surface area contributed by atoms with Gasteiger partial charge in [-0.1, -0.05) is 48.0 Å². The summed E-state index contributed by atoms with van der Waals surface area (Å²) in [5.74, 6) is 0.989. The third-order valence-corrected chi connectivity index (χ3v) is 7.76. The molecule has 5 heteroatoms. The summed E-state index contributed by atoms with van der Waals surface area (Å²) in [4.78, 5) is 6.33. The highest BCUT2D eigenvalue weighted by Crippen LogP contribution is 2.40. The molecule has 33 heavy (non-hydrogen) atoms. The second kappa shape index (κ2) is 8.68. The molecule has 0 saturated carbocycles. The number of rotatable bonds is 5. The van der Waals surface area contributed by atoms with E-state index in [1.807, 2.05) is 6.07 Å². The third-order valence-electron chi connectivity index (χ3n) is 7.52. The van der Waals surface area contributed by atoms with E-state index < -0.39 is 0 Å². The van der Waals surface area contributed by atoms with Crippen LogP contribution in [0.1, 0.15) is 30.5 Å². The Morgan fingerprint density at radius 3 is 2.73 bits per heavy atom. The van der Waals surface area contributed by atoms with Gasteiger partial charge >= 0.3 is 0 Å².